The van der Waals surface area contributed by atoms with Crippen LogP contribution in [0.5, 0.6) is 0 Å². The highest BCUT2D eigenvalue weighted by atomic mass is 16.4. The Morgan fingerprint density at radius 1 is 1.35 bits per heavy atom. The summed E-state index contributed by atoms with van der Waals surface area (Å²) in [4.78, 5) is 23.2. The van der Waals surface area contributed by atoms with E-state index in [1.807, 2.05) is 42.7 Å². The quantitative estimate of drug-likeness (QED) is 0.897. The Bertz CT molecular complexity index is 673. The van der Waals surface area contributed by atoms with Crippen LogP contribution in [0.2, 0.25) is 0 Å². The van der Waals surface area contributed by atoms with Gasteiger partial charge in [-0.15, -0.1) is 0 Å². The standard InChI is InChI=1S/C15H18N2O3/c1-4-17-12-8-6-5-7-11(12)9(2)13(17)14(18)16-10(3)15(19)20/h5-8,10H,4H2,1-3H3,(H,16,18)(H,19,20). The lowest BCUT2D eigenvalue weighted by molar-refractivity contribution is -0.138. The van der Waals surface area contributed by atoms with E-state index < -0.39 is 12.0 Å². The zero-order valence-corrected chi connectivity index (χ0v) is 11.8. The van der Waals surface area contributed by atoms with E-state index in [9.17, 15) is 9.59 Å². The normalized spacial score (nSPS) is 12.3. The molecule has 0 bridgehead atoms. The third kappa shape index (κ3) is 2.27. The van der Waals surface area contributed by atoms with Gasteiger partial charge in [-0.1, -0.05) is 18.2 Å². The zero-order valence-electron chi connectivity index (χ0n) is 11.8. The maximum absolute atomic E-state index is 12.3. The van der Waals surface area contributed by atoms with Gasteiger partial charge < -0.3 is 15.0 Å². The fourth-order valence-corrected chi connectivity index (χ4v) is 2.42. The Morgan fingerprint density at radius 3 is 2.60 bits per heavy atom. The van der Waals surface area contributed by atoms with E-state index in [1.165, 1.54) is 6.92 Å². The molecular weight excluding hydrogens is 256 g/mol. The van der Waals surface area contributed by atoms with Gasteiger partial charge in [0.2, 0.25) is 0 Å². The van der Waals surface area contributed by atoms with Crippen LogP contribution in [0.25, 0.3) is 10.9 Å². The van der Waals surface area contributed by atoms with Crippen LogP contribution in [-0.2, 0) is 11.3 Å². The number of nitrogens with zero attached hydrogens (tertiary/aromatic N) is 1. The summed E-state index contributed by atoms with van der Waals surface area (Å²) in [5.74, 6) is -1.40. The largest absolute Gasteiger partial charge is 0.480 e. The first kappa shape index (κ1) is 14.1. The maximum Gasteiger partial charge on any atom is 0.325 e. The molecule has 0 spiro atoms. The second kappa shape index (κ2) is 5.36. The van der Waals surface area contributed by atoms with E-state index in [0.717, 1.165) is 16.5 Å². The summed E-state index contributed by atoms with van der Waals surface area (Å²) in [6.07, 6.45) is 0. The lowest BCUT2D eigenvalue weighted by Gasteiger charge is -2.12. The molecule has 0 aliphatic rings. The number of rotatable bonds is 4. The number of para-hydroxylation sites is 1. The van der Waals surface area contributed by atoms with E-state index in [0.29, 0.717) is 12.2 Å². The minimum Gasteiger partial charge on any atom is -0.480 e. The third-order valence-electron chi connectivity index (χ3n) is 3.47. The number of nitrogens with one attached hydrogen (secondary N) is 1. The molecule has 5 heteroatoms. The summed E-state index contributed by atoms with van der Waals surface area (Å²) < 4.78 is 1.91. The summed E-state index contributed by atoms with van der Waals surface area (Å²) in [6.45, 7) is 5.95. The highest BCUT2D eigenvalue weighted by molar-refractivity contribution is 6.02. The van der Waals surface area contributed by atoms with Gasteiger partial charge in [0.05, 0.1) is 0 Å². The van der Waals surface area contributed by atoms with Crippen molar-refractivity contribution >= 4 is 22.8 Å². The second-order valence-electron chi connectivity index (χ2n) is 4.77. The van der Waals surface area contributed by atoms with E-state index >= 15 is 0 Å². The van der Waals surface area contributed by atoms with Gasteiger partial charge in [-0.25, -0.2) is 0 Å². The third-order valence-corrected chi connectivity index (χ3v) is 3.47. The molecule has 2 rings (SSSR count). The monoisotopic (exact) mass is 274 g/mol. The Balaban J connectivity index is 2.51. The van der Waals surface area contributed by atoms with Crippen molar-refractivity contribution in [3.8, 4) is 0 Å². The van der Waals surface area contributed by atoms with Gasteiger partial charge in [0.25, 0.3) is 5.91 Å². The van der Waals surface area contributed by atoms with Gasteiger partial charge in [-0.2, -0.15) is 0 Å². The topological polar surface area (TPSA) is 71.3 Å². The molecule has 0 saturated carbocycles. The average molecular weight is 274 g/mol. The summed E-state index contributed by atoms with van der Waals surface area (Å²) in [7, 11) is 0. The molecule has 0 aliphatic carbocycles. The van der Waals surface area contributed by atoms with Crippen LogP contribution in [0.15, 0.2) is 24.3 Å². The minimum absolute atomic E-state index is 0.351. The number of amides is 1. The molecule has 0 radical (unpaired) electrons. The molecule has 1 aromatic heterocycles. The molecule has 2 aromatic rings. The molecule has 106 valence electrons. The molecule has 1 heterocycles. The number of carboxylic acid groups (broad SMARTS) is 1. The number of fused-ring (bicyclic) bond motifs is 1. The highest BCUT2D eigenvalue weighted by Gasteiger charge is 2.22. The highest BCUT2D eigenvalue weighted by Crippen LogP contribution is 2.25. The summed E-state index contributed by atoms with van der Waals surface area (Å²) in [5, 5.41) is 12.4. The van der Waals surface area contributed by atoms with Gasteiger partial charge in [0, 0.05) is 17.4 Å². The molecule has 2 N–H and O–H groups in total. The van der Waals surface area contributed by atoms with Crippen LogP contribution in [-0.4, -0.2) is 27.6 Å². The van der Waals surface area contributed by atoms with Gasteiger partial charge in [-0.3, -0.25) is 9.59 Å². The molecule has 1 atom stereocenters. The molecule has 5 nitrogen and oxygen atoms in total. The molecule has 0 saturated heterocycles. The van der Waals surface area contributed by atoms with Crippen molar-refractivity contribution < 1.29 is 14.7 Å². The van der Waals surface area contributed by atoms with Gasteiger partial charge in [0.15, 0.2) is 0 Å². The van der Waals surface area contributed by atoms with Crippen LogP contribution < -0.4 is 5.32 Å². The Hall–Kier alpha value is -2.30. The number of carbonyl (C=O) groups excluding carboxylic acids is 1. The number of carboxylic acids is 1. The first-order chi connectivity index (χ1) is 9.47. The van der Waals surface area contributed by atoms with Gasteiger partial charge in [-0.05, 0) is 32.4 Å². The van der Waals surface area contributed by atoms with Crippen molar-refractivity contribution in [2.75, 3.05) is 0 Å². The summed E-state index contributed by atoms with van der Waals surface area (Å²) >= 11 is 0. The van der Waals surface area contributed by atoms with Crippen molar-refractivity contribution in [2.24, 2.45) is 0 Å². The van der Waals surface area contributed by atoms with Crippen molar-refractivity contribution in [1.29, 1.82) is 0 Å². The van der Waals surface area contributed by atoms with Crippen molar-refractivity contribution in [1.82, 2.24) is 9.88 Å². The van der Waals surface area contributed by atoms with Crippen LogP contribution in [0.1, 0.15) is 29.9 Å². The number of aryl methyl sites for hydroxylation is 2. The average Bonchev–Trinajstić information content (AvgIpc) is 2.71. The van der Waals surface area contributed by atoms with Crippen molar-refractivity contribution in [3.05, 3.63) is 35.5 Å². The Kier molecular flexibility index (Phi) is 3.79. The first-order valence-corrected chi connectivity index (χ1v) is 6.58. The zero-order chi connectivity index (χ0) is 14.9. The van der Waals surface area contributed by atoms with E-state index in [4.69, 9.17) is 5.11 Å². The number of carbonyl (C=O) groups is 2. The number of aromatic nitrogens is 1. The van der Waals surface area contributed by atoms with Crippen molar-refractivity contribution in [2.45, 2.75) is 33.4 Å². The van der Waals surface area contributed by atoms with E-state index in [-0.39, 0.29) is 5.91 Å². The second-order valence-corrected chi connectivity index (χ2v) is 4.77. The Morgan fingerprint density at radius 2 is 2.00 bits per heavy atom. The van der Waals surface area contributed by atoms with Crippen LogP contribution in [0.3, 0.4) is 0 Å². The first-order valence-electron chi connectivity index (χ1n) is 6.58. The lowest BCUT2D eigenvalue weighted by atomic mass is 10.1. The number of hydrogen-bond donors (Lipinski definition) is 2. The van der Waals surface area contributed by atoms with Crippen molar-refractivity contribution in [3.63, 3.8) is 0 Å². The molecule has 1 amide bonds. The predicted molar refractivity (Wildman–Crippen MR) is 76.9 cm³/mol. The summed E-state index contributed by atoms with van der Waals surface area (Å²) in [5.41, 5.74) is 2.39. The number of aliphatic carboxylic acids is 1. The van der Waals surface area contributed by atoms with E-state index in [1.54, 1.807) is 0 Å². The molecule has 20 heavy (non-hydrogen) atoms. The smallest absolute Gasteiger partial charge is 0.325 e. The number of benzene rings is 1. The molecule has 0 fully saturated rings. The van der Waals surface area contributed by atoms with E-state index in [2.05, 4.69) is 5.32 Å². The SMILES string of the molecule is CCn1c(C(=O)NC(C)C(=O)O)c(C)c2ccccc21. The molecule has 1 aromatic carbocycles. The minimum atomic E-state index is -1.05. The van der Waals surface area contributed by atoms with Crippen LogP contribution in [0.4, 0.5) is 0 Å². The molecule has 1 unspecified atom stereocenters. The fraction of sp³-hybridized carbons (Fsp3) is 0.333. The van der Waals surface area contributed by atoms with Gasteiger partial charge >= 0.3 is 5.97 Å². The predicted octanol–water partition coefficient (Wildman–Crippen LogP) is 2.17. The fourth-order valence-electron chi connectivity index (χ4n) is 2.42. The summed E-state index contributed by atoms with van der Waals surface area (Å²) in [6, 6.07) is 6.87. The van der Waals surface area contributed by atoms with Gasteiger partial charge in [0.1, 0.15) is 11.7 Å². The van der Waals surface area contributed by atoms with Crippen LogP contribution >= 0.6 is 0 Å². The maximum atomic E-state index is 12.3. The Labute approximate surface area is 117 Å². The van der Waals surface area contributed by atoms with Crippen LogP contribution in [0, 0.1) is 6.92 Å². The molecular formula is C15H18N2O3. The molecule has 0 aliphatic heterocycles. The lowest BCUT2D eigenvalue weighted by Crippen LogP contribution is -2.39. The number of hydrogen-bond acceptors (Lipinski definition) is 2.